The Kier molecular flexibility index (Phi) is 3.35. The predicted octanol–water partition coefficient (Wildman–Crippen LogP) is 0.201. The Bertz CT molecular complexity index is 617. The van der Waals surface area contributed by atoms with Gasteiger partial charge in [0.1, 0.15) is 4.90 Å². The summed E-state index contributed by atoms with van der Waals surface area (Å²) < 4.78 is 23.1. The Balaban J connectivity index is 1.91. The van der Waals surface area contributed by atoms with Gasteiger partial charge in [-0.05, 0) is 31.5 Å². The molecule has 0 bridgehead atoms. The summed E-state index contributed by atoms with van der Waals surface area (Å²) in [5.41, 5.74) is 7.07. The normalized spacial score (nSPS) is 23.9. The number of rotatable bonds is 2. The average molecular weight is 296 g/mol. The van der Waals surface area contributed by atoms with Crippen molar-refractivity contribution in [1.82, 2.24) is 4.90 Å². The van der Waals surface area contributed by atoms with Gasteiger partial charge in [0, 0.05) is 25.7 Å². The van der Waals surface area contributed by atoms with E-state index >= 15 is 0 Å². The zero-order valence-corrected chi connectivity index (χ0v) is 12.1. The molecule has 1 unspecified atom stereocenters. The Labute approximate surface area is 119 Å². The van der Waals surface area contributed by atoms with Gasteiger partial charge in [0.15, 0.2) is 0 Å². The van der Waals surface area contributed by atoms with Crippen molar-refractivity contribution in [2.45, 2.75) is 23.8 Å². The summed E-state index contributed by atoms with van der Waals surface area (Å²) in [6.45, 7) is 3.95. The molecule has 2 aliphatic heterocycles. The number of nitrogens with zero attached hydrogens (tertiary/aromatic N) is 2. The first kappa shape index (κ1) is 13.7. The number of para-hydroxylation sites is 1. The molecule has 2 fully saturated rings. The third kappa shape index (κ3) is 2.36. The topological polar surface area (TPSA) is 92.7 Å². The van der Waals surface area contributed by atoms with Gasteiger partial charge in [-0.1, -0.05) is 6.07 Å². The first-order chi connectivity index (χ1) is 9.47. The molecule has 3 rings (SSSR count). The van der Waals surface area contributed by atoms with E-state index in [2.05, 4.69) is 9.80 Å². The van der Waals surface area contributed by atoms with E-state index in [1.54, 1.807) is 6.07 Å². The van der Waals surface area contributed by atoms with E-state index in [-0.39, 0.29) is 10.6 Å². The summed E-state index contributed by atoms with van der Waals surface area (Å²) >= 11 is 0. The van der Waals surface area contributed by atoms with E-state index < -0.39 is 10.0 Å². The number of fused-ring (bicyclic) bond motifs is 1. The number of nitrogen functional groups attached to an aromatic ring is 1. The summed E-state index contributed by atoms with van der Waals surface area (Å²) in [7, 11) is -3.77. The molecule has 6 nitrogen and oxygen atoms in total. The van der Waals surface area contributed by atoms with Gasteiger partial charge in [0.05, 0.1) is 11.4 Å². The van der Waals surface area contributed by atoms with E-state index in [0.29, 0.717) is 6.04 Å². The van der Waals surface area contributed by atoms with Gasteiger partial charge in [0.2, 0.25) is 10.0 Å². The summed E-state index contributed by atoms with van der Waals surface area (Å²) in [5.74, 6) is 0. The molecule has 2 heterocycles. The molecule has 7 heteroatoms. The number of sulfonamides is 1. The molecule has 2 saturated heterocycles. The van der Waals surface area contributed by atoms with Crippen LogP contribution in [-0.2, 0) is 10.0 Å². The summed E-state index contributed by atoms with van der Waals surface area (Å²) in [6.07, 6.45) is 2.44. The molecule has 1 aromatic rings. The molecule has 0 saturated carbocycles. The highest BCUT2D eigenvalue weighted by Crippen LogP contribution is 2.32. The second kappa shape index (κ2) is 4.91. The molecule has 2 aliphatic rings. The number of benzene rings is 1. The number of hydrogen-bond donors (Lipinski definition) is 2. The molecule has 0 spiro atoms. The van der Waals surface area contributed by atoms with Crippen molar-refractivity contribution >= 4 is 21.4 Å². The lowest BCUT2D eigenvalue weighted by molar-refractivity contribution is 0.231. The van der Waals surface area contributed by atoms with Crippen molar-refractivity contribution in [3.05, 3.63) is 18.2 Å². The van der Waals surface area contributed by atoms with Crippen LogP contribution in [0, 0.1) is 0 Å². The van der Waals surface area contributed by atoms with Crippen LogP contribution in [0.2, 0.25) is 0 Å². The Hall–Kier alpha value is -1.31. The smallest absolute Gasteiger partial charge is 0.240 e. The Morgan fingerprint density at radius 2 is 2.00 bits per heavy atom. The molecular weight excluding hydrogens is 276 g/mol. The molecule has 0 amide bonds. The van der Waals surface area contributed by atoms with Gasteiger partial charge in [-0.3, -0.25) is 4.90 Å². The first-order valence-corrected chi connectivity index (χ1v) is 8.42. The van der Waals surface area contributed by atoms with Crippen LogP contribution in [0.15, 0.2) is 23.1 Å². The highest BCUT2D eigenvalue weighted by molar-refractivity contribution is 7.89. The lowest BCUT2D eigenvalue weighted by Gasteiger charge is -2.39. The maximum Gasteiger partial charge on any atom is 0.240 e. The maximum atomic E-state index is 11.5. The van der Waals surface area contributed by atoms with Crippen LogP contribution in [0.25, 0.3) is 0 Å². The van der Waals surface area contributed by atoms with Gasteiger partial charge in [-0.2, -0.15) is 0 Å². The quantitative estimate of drug-likeness (QED) is 0.761. The van der Waals surface area contributed by atoms with Crippen molar-refractivity contribution in [2.24, 2.45) is 5.14 Å². The van der Waals surface area contributed by atoms with Crippen LogP contribution in [0.5, 0.6) is 0 Å². The van der Waals surface area contributed by atoms with E-state index in [4.69, 9.17) is 10.9 Å². The lowest BCUT2D eigenvalue weighted by atomic mass is 10.1. The number of nitrogens with two attached hydrogens (primary N) is 2. The monoisotopic (exact) mass is 296 g/mol. The van der Waals surface area contributed by atoms with Crippen LogP contribution in [0.3, 0.4) is 0 Å². The molecule has 1 aromatic carbocycles. The van der Waals surface area contributed by atoms with Crippen molar-refractivity contribution in [1.29, 1.82) is 0 Å². The van der Waals surface area contributed by atoms with E-state index in [1.165, 1.54) is 25.5 Å². The third-order valence-corrected chi connectivity index (χ3v) is 5.25. The van der Waals surface area contributed by atoms with Crippen LogP contribution >= 0.6 is 0 Å². The minimum absolute atomic E-state index is 0.0175. The van der Waals surface area contributed by atoms with Gasteiger partial charge in [-0.25, -0.2) is 13.6 Å². The second-order valence-electron chi connectivity index (χ2n) is 5.51. The largest absolute Gasteiger partial charge is 0.396 e. The van der Waals surface area contributed by atoms with E-state index in [9.17, 15) is 8.42 Å². The summed E-state index contributed by atoms with van der Waals surface area (Å²) in [5, 5.41) is 5.21. The molecule has 0 radical (unpaired) electrons. The standard InChI is InChI=1S/C13H20N4O2S/c14-13-11(4-1-5-12(13)20(15,18)19)17-8-7-16-6-2-3-10(16)9-17/h1,4-5,10H,2-3,6-9,14H2,(H2,15,18,19). The summed E-state index contributed by atoms with van der Waals surface area (Å²) in [4.78, 5) is 4.69. The molecule has 0 aromatic heterocycles. The van der Waals surface area contributed by atoms with Gasteiger partial charge >= 0.3 is 0 Å². The fourth-order valence-corrected chi connectivity index (χ4v) is 3.95. The maximum absolute atomic E-state index is 11.5. The van der Waals surface area contributed by atoms with Crippen molar-refractivity contribution in [3.63, 3.8) is 0 Å². The van der Waals surface area contributed by atoms with Crippen molar-refractivity contribution in [3.8, 4) is 0 Å². The first-order valence-electron chi connectivity index (χ1n) is 6.87. The van der Waals surface area contributed by atoms with Crippen molar-refractivity contribution < 1.29 is 8.42 Å². The van der Waals surface area contributed by atoms with E-state index in [1.807, 2.05) is 6.07 Å². The zero-order chi connectivity index (χ0) is 14.3. The number of primary sulfonamides is 1. The minimum atomic E-state index is -3.77. The summed E-state index contributed by atoms with van der Waals surface area (Å²) in [6, 6.07) is 5.59. The minimum Gasteiger partial charge on any atom is -0.396 e. The zero-order valence-electron chi connectivity index (χ0n) is 11.3. The highest BCUT2D eigenvalue weighted by atomic mass is 32.2. The molecule has 4 N–H and O–H groups in total. The number of piperazine rings is 1. The van der Waals surface area contributed by atoms with Crippen LogP contribution < -0.4 is 15.8 Å². The van der Waals surface area contributed by atoms with Gasteiger partial charge in [-0.15, -0.1) is 0 Å². The SMILES string of the molecule is Nc1c(N2CCN3CCCC3C2)cccc1S(N)(=O)=O. The molecule has 20 heavy (non-hydrogen) atoms. The molecule has 1 atom stereocenters. The van der Waals surface area contributed by atoms with Gasteiger partial charge in [0.25, 0.3) is 0 Å². The predicted molar refractivity (Wildman–Crippen MR) is 79.0 cm³/mol. The second-order valence-corrected chi connectivity index (χ2v) is 7.04. The Morgan fingerprint density at radius 1 is 1.20 bits per heavy atom. The molecule has 110 valence electrons. The number of hydrogen-bond acceptors (Lipinski definition) is 5. The highest BCUT2D eigenvalue weighted by Gasteiger charge is 2.31. The van der Waals surface area contributed by atoms with E-state index in [0.717, 1.165) is 25.3 Å². The molecule has 0 aliphatic carbocycles. The Morgan fingerprint density at radius 3 is 2.75 bits per heavy atom. The van der Waals surface area contributed by atoms with Crippen molar-refractivity contribution in [2.75, 3.05) is 36.8 Å². The number of anilines is 2. The molecular formula is C13H20N4O2S. The van der Waals surface area contributed by atoms with Gasteiger partial charge < -0.3 is 10.6 Å². The van der Waals surface area contributed by atoms with Crippen LogP contribution in [-0.4, -0.2) is 45.5 Å². The fraction of sp³-hybridized carbons (Fsp3) is 0.538. The van der Waals surface area contributed by atoms with Crippen LogP contribution in [0.4, 0.5) is 11.4 Å². The third-order valence-electron chi connectivity index (χ3n) is 4.28. The van der Waals surface area contributed by atoms with Crippen LogP contribution in [0.1, 0.15) is 12.8 Å². The average Bonchev–Trinajstić information content (AvgIpc) is 2.84. The lowest BCUT2D eigenvalue weighted by Crippen LogP contribution is -2.50. The fourth-order valence-electron chi connectivity index (χ4n) is 3.27.